The third-order valence-corrected chi connectivity index (χ3v) is 10.6. The predicted octanol–water partition coefficient (Wildman–Crippen LogP) is 4.88. The Hall–Kier alpha value is -3.05. The molecule has 10 nitrogen and oxygen atoms in total. The van der Waals surface area contributed by atoms with Crippen molar-refractivity contribution in [3.05, 3.63) is 63.6 Å². The van der Waals surface area contributed by atoms with Crippen LogP contribution >= 0.6 is 23.2 Å². The molecule has 4 amide bonds. The molecule has 2 N–H and O–H groups in total. The molecule has 1 atom stereocenters. The molecule has 0 unspecified atom stereocenters. The van der Waals surface area contributed by atoms with Crippen LogP contribution in [0.15, 0.2) is 42.5 Å². The number of ether oxygens (including phenoxy) is 1. The van der Waals surface area contributed by atoms with Gasteiger partial charge in [-0.1, -0.05) is 47.5 Å². The zero-order valence-corrected chi connectivity index (χ0v) is 27.8. The lowest BCUT2D eigenvalue weighted by atomic mass is 10.0. The number of carbonyl (C=O) groups is 3. The van der Waals surface area contributed by atoms with Gasteiger partial charge < -0.3 is 30.1 Å². The molecule has 0 bridgehead atoms. The first-order valence-corrected chi connectivity index (χ1v) is 17.4. The van der Waals surface area contributed by atoms with Gasteiger partial charge >= 0.3 is 12.1 Å². The number of fused-ring (bicyclic) bond motifs is 1. The van der Waals surface area contributed by atoms with Crippen molar-refractivity contribution in [3.63, 3.8) is 0 Å². The number of hydrogen-bond donors (Lipinski definition) is 2. The number of carbonyl (C=O) groups excluding carboxylic acids is 3. The van der Waals surface area contributed by atoms with Gasteiger partial charge in [0.05, 0.1) is 10.0 Å². The molecule has 2 aromatic carbocycles. The summed E-state index contributed by atoms with van der Waals surface area (Å²) in [5.41, 5.74) is 2.76. The molecule has 4 aliphatic rings. The summed E-state index contributed by atoms with van der Waals surface area (Å²) >= 11 is 12.5. The molecule has 0 spiro atoms. The molecule has 0 aromatic heterocycles. The highest BCUT2D eigenvalue weighted by Gasteiger charge is 2.35. The third-order valence-electron chi connectivity index (χ3n) is 9.90. The molecule has 0 aliphatic carbocycles. The van der Waals surface area contributed by atoms with E-state index in [1.807, 2.05) is 40.1 Å². The van der Waals surface area contributed by atoms with E-state index in [1.54, 1.807) is 17.0 Å². The predicted molar refractivity (Wildman–Crippen MR) is 180 cm³/mol. The van der Waals surface area contributed by atoms with E-state index < -0.39 is 12.2 Å². The van der Waals surface area contributed by atoms with Crippen molar-refractivity contribution >= 4 is 46.9 Å². The number of likely N-dealkylation sites (tertiary alicyclic amines) is 1. The molecule has 0 radical (unpaired) electrons. The molecule has 6 rings (SSSR count). The third kappa shape index (κ3) is 7.90. The Bertz CT molecular complexity index is 1400. The monoisotopic (exact) mass is 670 g/mol. The first kappa shape index (κ1) is 32.9. The van der Waals surface area contributed by atoms with Crippen LogP contribution in [0.1, 0.15) is 43.2 Å². The van der Waals surface area contributed by atoms with Crippen LogP contribution in [-0.4, -0.2) is 115 Å². The largest absolute Gasteiger partial charge is 0.436 e. The van der Waals surface area contributed by atoms with Crippen molar-refractivity contribution in [2.75, 3.05) is 64.2 Å². The topological polar surface area (TPSA) is 97.5 Å². The number of halogens is 2. The van der Waals surface area contributed by atoms with Crippen molar-refractivity contribution in [1.29, 1.82) is 0 Å². The number of anilines is 1. The number of benzene rings is 2. The fraction of sp³-hybridized carbons (Fsp3) is 0.559. The summed E-state index contributed by atoms with van der Waals surface area (Å²) in [5.74, 6) is -0.178. The minimum atomic E-state index is -0.984. The van der Waals surface area contributed by atoms with E-state index in [9.17, 15) is 14.4 Å². The first-order valence-electron chi connectivity index (χ1n) is 16.6. The summed E-state index contributed by atoms with van der Waals surface area (Å²) in [5, 5.41) is 7.30. The van der Waals surface area contributed by atoms with E-state index in [0.717, 1.165) is 68.7 Å². The summed E-state index contributed by atoms with van der Waals surface area (Å²) in [6.45, 7) is 6.59. The van der Waals surface area contributed by atoms with Crippen molar-refractivity contribution in [2.24, 2.45) is 0 Å². The van der Waals surface area contributed by atoms with E-state index in [0.29, 0.717) is 61.7 Å². The van der Waals surface area contributed by atoms with Crippen molar-refractivity contribution in [1.82, 2.24) is 24.9 Å². The zero-order valence-electron chi connectivity index (χ0n) is 26.3. The van der Waals surface area contributed by atoms with Crippen LogP contribution in [0.4, 0.5) is 15.3 Å². The normalized spacial score (nSPS) is 21.2. The second-order valence-corrected chi connectivity index (χ2v) is 13.6. The average molecular weight is 672 g/mol. The molecular weight excluding hydrogens is 627 g/mol. The van der Waals surface area contributed by atoms with Crippen LogP contribution in [-0.2, 0) is 22.4 Å². The Balaban J connectivity index is 1.08. The zero-order chi connectivity index (χ0) is 32.0. The van der Waals surface area contributed by atoms with Gasteiger partial charge in [0.15, 0.2) is 6.10 Å². The minimum Gasteiger partial charge on any atom is -0.436 e. The quantitative estimate of drug-likeness (QED) is 0.455. The molecule has 4 heterocycles. The van der Waals surface area contributed by atoms with Gasteiger partial charge in [0.2, 0.25) is 0 Å². The number of amides is 4. The van der Waals surface area contributed by atoms with E-state index in [2.05, 4.69) is 15.5 Å². The molecule has 46 heavy (non-hydrogen) atoms. The number of nitrogens with one attached hydrogen (secondary N) is 2. The second-order valence-electron chi connectivity index (χ2n) is 12.8. The average Bonchev–Trinajstić information content (AvgIpc) is 3.43. The summed E-state index contributed by atoms with van der Waals surface area (Å²) in [6.07, 6.45) is 3.91. The molecule has 12 heteroatoms. The van der Waals surface area contributed by atoms with Gasteiger partial charge in [0.1, 0.15) is 0 Å². The Morgan fingerprint density at radius 3 is 2.41 bits per heavy atom. The van der Waals surface area contributed by atoms with Gasteiger partial charge in [-0.05, 0) is 80.9 Å². The molecule has 0 saturated carbocycles. The number of rotatable bonds is 6. The Morgan fingerprint density at radius 2 is 1.63 bits per heavy atom. The van der Waals surface area contributed by atoms with Gasteiger partial charge in [-0.25, -0.2) is 9.59 Å². The van der Waals surface area contributed by atoms with Crippen molar-refractivity contribution in [3.8, 4) is 0 Å². The highest BCUT2D eigenvalue weighted by Crippen LogP contribution is 2.27. The number of urea groups is 1. The second kappa shape index (κ2) is 15.2. The molecule has 248 valence electrons. The van der Waals surface area contributed by atoms with Crippen molar-refractivity contribution < 1.29 is 19.1 Å². The minimum absolute atomic E-state index is 0.0204. The van der Waals surface area contributed by atoms with Gasteiger partial charge in [-0.15, -0.1) is 0 Å². The summed E-state index contributed by atoms with van der Waals surface area (Å²) < 4.78 is 6.03. The van der Waals surface area contributed by atoms with Crippen LogP contribution in [0.2, 0.25) is 10.0 Å². The van der Waals surface area contributed by atoms with Crippen LogP contribution < -0.4 is 10.6 Å². The maximum atomic E-state index is 14.0. The number of para-hydroxylation sites is 1. The fourth-order valence-electron chi connectivity index (χ4n) is 7.25. The SMILES string of the molecule is O=C(O[C@H](Cc1ccc(Cl)c(Cl)c1)C(=O)N1CCCN(C2CCNCC2)CC1)N1CCC(N2CCc3ccccc3NC2=O)CC1. The lowest BCUT2D eigenvalue weighted by molar-refractivity contribution is -0.140. The van der Waals surface area contributed by atoms with Gasteiger partial charge in [-0.3, -0.25) is 9.69 Å². The fourth-order valence-corrected chi connectivity index (χ4v) is 7.57. The van der Waals surface area contributed by atoms with Crippen molar-refractivity contribution in [2.45, 2.75) is 63.1 Å². The Kier molecular flexibility index (Phi) is 10.9. The smallest absolute Gasteiger partial charge is 0.410 e. The van der Waals surface area contributed by atoms with Crippen LogP contribution in [0.25, 0.3) is 0 Å². The highest BCUT2D eigenvalue weighted by molar-refractivity contribution is 6.42. The van der Waals surface area contributed by atoms with Crippen LogP contribution in [0, 0.1) is 0 Å². The van der Waals surface area contributed by atoms with E-state index in [1.165, 1.54) is 0 Å². The van der Waals surface area contributed by atoms with E-state index >= 15 is 0 Å². The molecular formula is C34H44Cl2N6O4. The van der Waals surface area contributed by atoms with Gasteiger partial charge in [0, 0.05) is 70.0 Å². The van der Waals surface area contributed by atoms with E-state index in [4.69, 9.17) is 27.9 Å². The standard InChI is InChI=1S/C34H44Cl2N6O4/c35-28-7-6-24(22-29(28)36)23-31(32(43)40-16-3-15-39(20-21-40)26-8-13-37-14-9-26)46-34(45)41-17-11-27(12-18-41)42-19-10-25-4-1-2-5-30(25)38-33(42)44/h1-2,4-7,22,26-27,31,37H,3,8-21,23H2,(H,38,44)/t31-/m1/s1. The molecule has 3 saturated heterocycles. The summed E-state index contributed by atoms with van der Waals surface area (Å²) in [6, 6.07) is 13.6. The number of nitrogens with zero attached hydrogens (tertiary/aromatic N) is 4. The molecule has 2 aromatic rings. The van der Waals surface area contributed by atoms with Crippen LogP contribution in [0.5, 0.6) is 0 Å². The maximum absolute atomic E-state index is 14.0. The van der Waals surface area contributed by atoms with E-state index in [-0.39, 0.29) is 24.4 Å². The lowest BCUT2D eigenvalue weighted by Crippen LogP contribution is -2.51. The molecule has 4 aliphatic heterocycles. The molecule has 3 fully saturated rings. The first-order chi connectivity index (χ1) is 22.4. The summed E-state index contributed by atoms with van der Waals surface area (Å²) in [4.78, 5) is 48.6. The Morgan fingerprint density at radius 1 is 0.848 bits per heavy atom. The summed E-state index contributed by atoms with van der Waals surface area (Å²) in [7, 11) is 0. The lowest BCUT2D eigenvalue weighted by Gasteiger charge is -2.38. The number of hydrogen-bond acceptors (Lipinski definition) is 6. The highest BCUT2D eigenvalue weighted by atomic mass is 35.5. The Labute approximate surface area is 281 Å². The van der Waals surface area contributed by atoms with Gasteiger partial charge in [0.25, 0.3) is 5.91 Å². The number of piperidine rings is 2. The van der Waals surface area contributed by atoms with Gasteiger partial charge in [-0.2, -0.15) is 0 Å². The van der Waals surface area contributed by atoms with Crippen LogP contribution in [0.3, 0.4) is 0 Å². The maximum Gasteiger partial charge on any atom is 0.410 e.